The lowest BCUT2D eigenvalue weighted by molar-refractivity contribution is 0.00730. The van der Waals surface area contributed by atoms with Gasteiger partial charge in [-0.05, 0) is 18.9 Å². The Hall–Kier alpha value is -1.13. The van der Waals surface area contributed by atoms with E-state index in [2.05, 4.69) is 0 Å². The van der Waals surface area contributed by atoms with Crippen molar-refractivity contribution >= 4 is 0 Å². The monoisotopic (exact) mass is 225 g/mol. The Kier molecular flexibility index (Phi) is 3.74. The lowest BCUT2D eigenvalue weighted by Gasteiger charge is -2.23. The van der Waals surface area contributed by atoms with Gasteiger partial charge in [0.05, 0.1) is 6.61 Å². The van der Waals surface area contributed by atoms with Gasteiger partial charge in [-0.15, -0.1) is 0 Å². The summed E-state index contributed by atoms with van der Waals surface area (Å²) in [6, 6.07) is 4.80. The lowest BCUT2D eigenvalue weighted by atomic mass is 10.1. The van der Waals surface area contributed by atoms with Crippen molar-refractivity contribution in [2.24, 2.45) is 5.73 Å². The van der Waals surface area contributed by atoms with Gasteiger partial charge in [-0.25, -0.2) is 4.39 Å². The first-order valence-electron chi connectivity index (χ1n) is 5.52. The van der Waals surface area contributed by atoms with Gasteiger partial charge in [-0.1, -0.05) is 6.07 Å². The van der Waals surface area contributed by atoms with Crippen molar-refractivity contribution < 1.29 is 13.9 Å². The van der Waals surface area contributed by atoms with E-state index in [4.69, 9.17) is 15.2 Å². The predicted octanol–water partition coefficient (Wildman–Crippen LogP) is 1.84. The predicted molar refractivity (Wildman–Crippen MR) is 58.8 cm³/mol. The molecule has 1 saturated heterocycles. The molecule has 0 aromatic heterocycles. The summed E-state index contributed by atoms with van der Waals surface area (Å²) < 4.78 is 24.3. The summed E-state index contributed by atoms with van der Waals surface area (Å²) in [5, 5.41) is 0. The molecule has 3 nitrogen and oxygen atoms in total. The van der Waals surface area contributed by atoms with Crippen LogP contribution in [0.15, 0.2) is 18.2 Å². The molecular weight excluding hydrogens is 209 g/mol. The highest BCUT2D eigenvalue weighted by molar-refractivity contribution is 5.29. The largest absolute Gasteiger partial charge is 0.488 e. The number of ether oxygens (including phenoxy) is 2. The smallest absolute Gasteiger partial charge is 0.131 e. The highest BCUT2D eigenvalue weighted by Crippen LogP contribution is 2.20. The third kappa shape index (κ3) is 2.71. The summed E-state index contributed by atoms with van der Waals surface area (Å²) in [5.74, 6) is 0.238. The fourth-order valence-electron chi connectivity index (χ4n) is 1.76. The standard InChI is InChI=1S/C12H16FNO2/c13-12-6-10(4-3-9(12)7-14)16-11-2-1-5-15-8-11/h3-4,6,11H,1-2,5,7-8,14H2. The summed E-state index contributed by atoms with van der Waals surface area (Å²) >= 11 is 0. The van der Waals surface area contributed by atoms with Gasteiger partial charge in [0.1, 0.15) is 17.7 Å². The average molecular weight is 225 g/mol. The summed E-state index contributed by atoms with van der Waals surface area (Å²) in [4.78, 5) is 0. The molecule has 1 aliphatic rings. The van der Waals surface area contributed by atoms with E-state index >= 15 is 0 Å². The number of rotatable bonds is 3. The molecule has 0 spiro atoms. The molecule has 1 atom stereocenters. The highest BCUT2D eigenvalue weighted by atomic mass is 19.1. The molecule has 88 valence electrons. The van der Waals surface area contributed by atoms with Crippen LogP contribution in [0.25, 0.3) is 0 Å². The van der Waals surface area contributed by atoms with Gasteiger partial charge in [0.25, 0.3) is 0 Å². The van der Waals surface area contributed by atoms with E-state index in [-0.39, 0.29) is 18.5 Å². The summed E-state index contributed by atoms with van der Waals surface area (Å²) in [5.41, 5.74) is 5.89. The van der Waals surface area contributed by atoms with Crippen LogP contribution in [-0.2, 0) is 11.3 Å². The van der Waals surface area contributed by atoms with Crippen LogP contribution in [0.2, 0.25) is 0 Å². The zero-order valence-electron chi connectivity index (χ0n) is 9.12. The van der Waals surface area contributed by atoms with Crippen LogP contribution >= 0.6 is 0 Å². The molecule has 1 aliphatic heterocycles. The maximum absolute atomic E-state index is 13.4. The fraction of sp³-hybridized carbons (Fsp3) is 0.500. The SMILES string of the molecule is NCc1ccc(OC2CCCOC2)cc1F. The van der Waals surface area contributed by atoms with E-state index in [1.165, 1.54) is 6.07 Å². The number of benzene rings is 1. The molecule has 0 saturated carbocycles. The Morgan fingerprint density at radius 2 is 2.38 bits per heavy atom. The Bertz CT molecular complexity index is 351. The molecule has 4 heteroatoms. The first-order chi connectivity index (χ1) is 7.79. The van der Waals surface area contributed by atoms with E-state index in [0.29, 0.717) is 17.9 Å². The van der Waals surface area contributed by atoms with Crippen molar-refractivity contribution in [3.63, 3.8) is 0 Å². The summed E-state index contributed by atoms with van der Waals surface area (Å²) in [6.07, 6.45) is 1.99. The quantitative estimate of drug-likeness (QED) is 0.853. The number of nitrogens with two attached hydrogens (primary N) is 1. The maximum Gasteiger partial charge on any atom is 0.131 e. The Balaban J connectivity index is 2.01. The second-order valence-corrected chi connectivity index (χ2v) is 3.91. The van der Waals surface area contributed by atoms with Crippen LogP contribution in [-0.4, -0.2) is 19.3 Å². The first-order valence-corrected chi connectivity index (χ1v) is 5.52. The van der Waals surface area contributed by atoms with Crippen molar-refractivity contribution in [1.29, 1.82) is 0 Å². The molecule has 1 fully saturated rings. The Morgan fingerprint density at radius 1 is 1.50 bits per heavy atom. The van der Waals surface area contributed by atoms with Gasteiger partial charge in [0, 0.05) is 24.8 Å². The van der Waals surface area contributed by atoms with Crippen LogP contribution < -0.4 is 10.5 Å². The molecule has 0 bridgehead atoms. The molecule has 1 heterocycles. The minimum atomic E-state index is -0.309. The zero-order valence-corrected chi connectivity index (χ0v) is 9.12. The lowest BCUT2D eigenvalue weighted by Crippen LogP contribution is -2.28. The molecular formula is C12H16FNO2. The van der Waals surface area contributed by atoms with E-state index < -0.39 is 0 Å². The molecule has 1 aromatic rings. The normalized spacial score (nSPS) is 20.8. The van der Waals surface area contributed by atoms with Gasteiger partial charge < -0.3 is 15.2 Å². The number of hydrogen-bond donors (Lipinski definition) is 1. The van der Waals surface area contributed by atoms with Crippen molar-refractivity contribution in [3.8, 4) is 5.75 Å². The van der Waals surface area contributed by atoms with Crippen LogP contribution in [0.3, 0.4) is 0 Å². The van der Waals surface area contributed by atoms with Gasteiger partial charge in [0.2, 0.25) is 0 Å². The van der Waals surface area contributed by atoms with E-state index in [9.17, 15) is 4.39 Å². The van der Waals surface area contributed by atoms with Crippen LogP contribution in [0, 0.1) is 5.82 Å². The summed E-state index contributed by atoms with van der Waals surface area (Å²) in [6.45, 7) is 1.58. The third-order valence-corrected chi connectivity index (χ3v) is 2.67. The van der Waals surface area contributed by atoms with Gasteiger partial charge in [0.15, 0.2) is 0 Å². The third-order valence-electron chi connectivity index (χ3n) is 2.67. The summed E-state index contributed by atoms with van der Waals surface area (Å²) in [7, 11) is 0. The minimum absolute atomic E-state index is 0.0388. The minimum Gasteiger partial charge on any atom is -0.488 e. The van der Waals surface area contributed by atoms with E-state index in [0.717, 1.165) is 19.4 Å². The first kappa shape index (κ1) is 11.4. The Labute approximate surface area is 94.3 Å². The van der Waals surface area contributed by atoms with Gasteiger partial charge in [-0.3, -0.25) is 0 Å². The highest BCUT2D eigenvalue weighted by Gasteiger charge is 2.15. The van der Waals surface area contributed by atoms with Gasteiger partial charge in [-0.2, -0.15) is 0 Å². The molecule has 1 aromatic carbocycles. The van der Waals surface area contributed by atoms with E-state index in [1.807, 2.05) is 0 Å². The average Bonchev–Trinajstić information content (AvgIpc) is 2.31. The second kappa shape index (κ2) is 5.27. The number of hydrogen-bond acceptors (Lipinski definition) is 3. The Morgan fingerprint density at radius 3 is 3.00 bits per heavy atom. The van der Waals surface area contributed by atoms with Crippen molar-refractivity contribution in [2.45, 2.75) is 25.5 Å². The molecule has 0 aliphatic carbocycles. The maximum atomic E-state index is 13.4. The topological polar surface area (TPSA) is 44.5 Å². The molecule has 2 rings (SSSR count). The second-order valence-electron chi connectivity index (χ2n) is 3.91. The molecule has 16 heavy (non-hydrogen) atoms. The van der Waals surface area contributed by atoms with Crippen molar-refractivity contribution in [3.05, 3.63) is 29.6 Å². The molecule has 1 unspecified atom stereocenters. The van der Waals surface area contributed by atoms with Crippen molar-refractivity contribution in [2.75, 3.05) is 13.2 Å². The molecule has 0 amide bonds. The molecule has 2 N–H and O–H groups in total. The van der Waals surface area contributed by atoms with Crippen LogP contribution in [0.5, 0.6) is 5.75 Å². The van der Waals surface area contributed by atoms with Crippen LogP contribution in [0.1, 0.15) is 18.4 Å². The zero-order chi connectivity index (χ0) is 11.4. The fourth-order valence-corrected chi connectivity index (χ4v) is 1.76. The van der Waals surface area contributed by atoms with Crippen LogP contribution in [0.4, 0.5) is 4.39 Å². The number of halogens is 1. The van der Waals surface area contributed by atoms with E-state index in [1.54, 1.807) is 12.1 Å². The van der Waals surface area contributed by atoms with Gasteiger partial charge >= 0.3 is 0 Å². The molecule has 0 radical (unpaired) electrons. The van der Waals surface area contributed by atoms with Crippen molar-refractivity contribution in [1.82, 2.24) is 0 Å².